The maximum atomic E-state index is 4.41. The molecule has 0 fully saturated rings. The van der Waals surface area contributed by atoms with Crippen LogP contribution in [-0.2, 0) is 0 Å². The highest BCUT2D eigenvalue weighted by Gasteiger charge is 2.09. The molecule has 0 aromatic carbocycles. The summed E-state index contributed by atoms with van der Waals surface area (Å²) in [6, 6.07) is 7.99. The Bertz CT molecular complexity index is 529. The van der Waals surface area contributed by atoms with Gasteiger partial charge in [0.1, 0.15) is 0 Å². The van der Waals surface area contributed by atoms with Gasteiger partial charge >= 0.3 is 0 Å². The molecule has 0 saturated carbocycles. The van der Waals surface area contributed by atoms with E-state index in [1.807, 2.05) is 24.3 Å². The highest BCUT2D eigenvalue weighted by molar-refractivity contribution is 5.78. The van der Waals surface area contributed by atoms with Gasteiger partial charge in [-0.25, -0.2) is 0 Å². The molecular formula is C14H10N2. The maximum absolute atomic E-state index is 4.41. The van der Waals surface area contributed by atoms with E-state index in [2.05, 4.69) is 34.3 Å². The molecule has 3 rings (SSSR count). The Morgan fingerprint density at radius 3 is 1.69 bits per heavy atom. The second kappa shape index (κ2) is 3.74. The standard InChI is InChI=1S/C14H10N2/c1-2-6-12-8-4-10-16-14(12)13-11(5-1)7-3-9-15-13/h1-10H. The molecule has 0 unspecified atom stereocenters. The van der Waals surface area contributed by atoms with Gasteiger partial charge in [0.25, 0.3) is 0 Å². The second-order valence-corrected chi connectivity index (χ2v) is 3.60. The summed E-state index contributed by atoms with van der Waals surface area (Å²) >= 11 is 0. The Morgan fingerprint density at radius 1 is 0.688 bits per heavy atom. The maximum Gasteiger partial charge on any atom is 0.0964 e. The number of rotatable bonds is 0. The van der Waals surface area contributed by atoms with Gasteiger partial charge in [-0.1, -0.05) is 36.4 Å². The number of hydrogen-bond donors (Lipinski definition) is 0. The summed E-state index contributed by atoms with van der Waals surface area (Å²) in [5.41, 5.74) is 4.09. The van der Waals surface area contributed by atoms with Crippen LogP contribution in [0.15, 0.2) is 48.8 Å². The van der Waals surface area contributed by atoms with E-state index >= 15 is 0 Å². The molecule has 1 aliphatic carbocycles. The van der Waals surface area contributed by atoms with E-state index in [4.69, 9.17) is 0 Å². The van der Waals surface area contributed by atoms with Crippen molar-refractivity contribution in [1.29, 1.82) is 0 Å². The summed E-state index contributed by atoms with van der Waals surface area (Å²) in [4.78, 5) is 8.83. The van der Waals surface area contributed by atoms with E-state index < -0.39 is 0 Å². The molecule has 0 aliphatic heterocycles. The Morgan fingerprint density at radius 2 is 1.19 bits per heavy atom. The van der Waals surface area contributed by atoms with Crippen LogP contribution in [0.25, 0.3) is 23.5 Å². The zero-order valence-electron chi connectivity index (χ0n) is 8.67. The number of nitrogens with zero attached hydrogens (tertiary/aromatic N) is 2. The Labute approximate surface area is 94.0 Å². The van der Waals surface area contributed by atoms with Crippen LogP contribution in [0.2, 0.25) is 0 Å². The van der Waals surface area contributed by atoms with Gasteiger partial charge in [-0.3, -0.25) is 9.97 Å². The van der Waals surface area contributed by atoms with Crippen molar-refractivity contribution < 1.29 is 0 Å². The predicted octanol–water partition coefficient (Wildman–Crippen LogP) is 3.18. The smallest absolute Gasteiger partial charge is 0.0964 e. The van der Waals surface area contributed by atoms with Crippen LogP contribution in [-0.4, -0.2) is 9.97 Å². The van der Waals surface area contributed by atoms with E-state index in [1.54, 1.807) is 12.4 Å². The predicted molar refractivity (Wildman–Crippen MR) is 65.5 cm³/mol. The first-order valence-electron chi connectivity index (χ1n) is 5.20. The van der Waals surface area contributed by atoms with Crippen LogP contribution in [0.1, 0.15) is 11.1 Å². The summed E-state index contributed by atoms with van der Waals surface area (Å²) in [6.45, 7) is 0. The van der Waals surface area contributed by atoms with Crippen molar-refractivity contribution in [3.63, 3.8) is 0 Å². The molecule has 76 valence electrons. The summed E-state index contributed by atoms with van der Waals surface area (Å²) in [7, 11) is 0. The van der Waals surface area contributed by atoms with Crippen molar-refractivity contribution in [3.8, 4) is 11.4 Å². The third-order valence-corrected chi connectivity index (χ3v) is 2.56. The number of pyridine rings is 2. The van der Waals surface area contributed by atoms with Gasteiger partial charge in [0.15, 0.2) is 0 Å². The minimum absolute atomic E-state index is 0.943. The number of hydrogen-bond acceptors (Lipinski definition) is 2. The molecule has 2 nitrogen and oxygen atoms in total. The minimum atomic E-state index is 0.943. The van der Waals surface area contributed by atoms with Gasteiger partial charge in [-0.15, -0.1) is 0 Å². The largest absolute Gasteiger partial charge is 0.254 e. The van der Waals surface area contributed by atoms with Gasteiger partial charge in [0.05, 0.1) is 11.4 Å². The van der Waals surface area contributed by atoms with Crippen LogP contribution in [0.5, 0.6) is 0 Å². The quantitative estimate of drug-likeness (QED) is 0.661. The minimum Gasteiger partial charge on any atom is -0.254 e. The van der Waals surface area contributed by atoms with Crippen molar-refractivity contribution in [3.05, 3.63) is 59.9 Å². The zero-order chi connectivity index (χ0) is 10.8. The van der Waals surface area contributed by atoms with Crippen molar-refractivity contribution >= 4 is 12.2 Å². The molecular weight excluding hydrogens is 196 g/mol. The normalized spacial score (nSPS) is 12.5. The summed E-state index contributed by atoms with van der Waals surface area (Å²) in [6.07, 6.45) is 11.8. The fourth-order valence-corrected chi connectivity index (χ4v) is 1.82. The molecule has 0 atom stereocenters. The average molecular weight is 206 g/mol. The molecule has 2 aromatic heterocycles. The Hall–Kier alpha value is -2.22. The molecule has 2 heteroatoms. The van der Waals surface area contributed by atoms with E-state index in [9.17, 15) is 0 Å². The van der Waals surface area contributed by atoms with Gasteiger partial charge in [-0.2, -0.15) is 0 Å². The highest BCUT2D eigenvalue weighted by Crippen LogP contribution is 2.26. The van der Waals surface area contributed by atoms with Crippen LogP contribution < -0.4 is 0 Å². The topological polar surface area (TPSA) is 25.8 Å². The van der Waals surface area contributed by atoms with Gasteiger partial charge in [0, 0.05) is 23.5 Å². The number of fused-ring (bicyclic) bond motifs is 3. The lowest BCUT2D eigenvalue weighted by Gasteiger charge is -2.08. The fraction of sp³-hybridized carbons (Fsp3) is 0. The highest BCUT2D eigenvalue weighted by atomic mass is 14.8. The molecule has 1 aliphatic rings. The van der Waals surface area contributed by atoms with E-state index in [-0.39, 0.29) is 0 Å². The summed E-state index contributed by atoms with van der Waals surface area (Å²) in [5.74, 6) is 0. The lowest BCUT2D eigenvalue weighted by atomic mass is 10.0. The summed E-state index contributed by atoms with van der Waals surface area (Å²) in [5, 5.41) is 0. The SMILES string of the molecule is C1=Cc2cccnc2-c2ncccc2C=C1. The molecule has 2 aromatic rings. The summed E-state index contributed by atoms with van der Waals surface area (Å²) < 4.78 is 0. The number of allylic oxidation sites excluding steroid dienone is 2. The Balaban J connectivity index is 2.34. The molecule has 0 spiro atoms. The molecule has 0 radical (unpaired) electrons. The van der Waals surface area contributed by atoms with Crippen molar-refractivity contribution in [1.82, 2.24) is 9.97 Å². The first kappa shape index (κ1) is 9.04. The first-order valence-corrected chi connectivity index (χ1v) is 5.20. The van der Waals surface area contributed by atoms with E-state index in [0.717, 1.165) is 22.5 Å². The lowest BCUT2D eigenvalue weighted by Crippen LogP contribution is -1.94. The molecule has 2 heterocycles. The van der Waals surface area contributed by atoms with E-state index in [1.165, 1.54) is 0 Å². The van der Waals surface area contributed by atoms with Crippen LogP contribution in [0.3, 0.4) is 0 Å². The molecule has 0 bridgehead atoms. The van der Waals surface area contributed by atoms with Gasteiger partial charge in [-0.05, 0) is 12.1 Å². The lowest BCUT2D eigenvalue weighted by molar-refractivity contribution is 1.23. The Kier molecular flexibility index (Phi) is 2.11. The van der Waals surface area contributed by atoms with Crippen LogP contribution >= 0.6 is 0 Å². The molecule has 0 N–H and O–H groups in total. The third-order valence-electron chi connectivity index (χ3n) is 2.56. The fourth-order valence-electron chi connectivity index (χ4n) is 1.82. The zero-order valence-corrected chi connectivity index (χ0v) is 8.67. The third kappa shape index (κ3) is 1.44. The van der Waals surface area contributed by atoms with Crippen molar-refractivity contribution in [2.24, 2.45) is 0 Å². The first-order chi connectivity index (χ1) is 7.95. The van der Waals surface area contributed by atoms with Gasteiger partial charge < -0.3 is 0 Å². The van der Waals surface area contributed by atoms with Gasteiger partial charge in [0.2, 0.25) is 0 Å². The monoisotopic (exact) mass is 206 g/mol. The second-order valence-electron chi connectivity index (χ2n) is 3.60. The molecule has 16 heavy (non-hydrogen) atoms. The molecule has 0 saturated heterocycles. The average Bonchev–Trinajstić information content (AvgIpc) is 2.33. The number of aromatic nitrogens is 2. The van der Waals surface area contributed by atoms with Crippen LogP contribution in [0, 0.1) is 0 Å². The van der Waals surface area contributed by atoms with Crippen LogP contribution in [0.4, 0.5) is 0 Å². The van der Waals surface area contributed by atoms with Crippen molar-refractivity contribution in [2.75, 3.05) is 0 Å². The molecule has 0 amide bonds. The van der Waals surface area contributed by atoms with Crippen molar-refractivity contribution in [2.45, 2.75) is 0 Å². The van der Waals surface area contributed by atoms with E-state index in [0.29, 0.717) is 0 Å².